The Bertz CT molecular complexity index is 440. The molecule has 0 aliphatic rings. The van der Waals surface area contributed by atoms with Crippen LogP contribution in [-0.2, 0) is 0 Å². The van der Waals surface area contributed by atoms with E-state index < -0.39 is 0 Å². The van der Waals surface area contributed by atoms with Gasteiger partial charge in [-0.2, -0.15) is 0 Å². The number of amides is 1. The summed E-state index contributed by atoms with van der Waals surface area (Å²) in [5, 5.41) is 0. The van der Waals surface area contributed by atoms with Crippen LogP contribution in [0.25, 0.3) is 0 Å². The second kappa shape index (κ2) is 7.87. The van der Waals surface area contributed by atoms with Crippen LogP contribution in [0.4, 0.5) is 0 Å². The zero-order valence-electron chi connectivity index (χ0n) is 13.3. The molecule has 0 aromatic carbocycles. The summed E-state index contributed by atoms with van der Waals surface area (Å²) < 4.78 is 3.02. The molecule has 4 heteroatoms. The molecule has 0 radical (unpaired) electrons. The third kappa shape index (κ3) is 4.11. The van der Waals surface area contributed by atoms with Crippen molar-refractivity contribution in [1.82, 2.24) is 9.47 Å². The number of rotatable bonds is 7. The van der Waals surface area contributed by atoms with Crippen LogP contribution in [0, 0.1) is 0 Å². The molecule has 0 saturated heterocycles. The van der Waals surface area contributed by atoms with Crippen molar-refractivity contribution in [2.75, 3.05) is 6.54 Å². The Labute approximate surface area is 131 Å². The van der Waals surface area contributed by atoms with Crippen LogP contribution in [0.3, 0.4) is 0 Å². The monoisotopic (exact) mass is 342 g/mol. The van der Waals surface area contributed by atoms with Gasteiger partial charge in [0.15, 0.2) is 0 Å². The summed E-state index contributed by atoms with van der Waals surface area (Å²) in [7, 11) is 0. The predicted molar refractivity (Wildman–Crippen MR) is 88.2 cm³/mol. The smallest absolute Gasteiger partial charge is 0.270 e. The van der Waals surface area contributed by atoms with Crippen LogP contribution in [0.1, 0.15) is 70.4 Å². The van der Waals surface area contributed by atoms with Crippen molar-refractivity contribution >= 4 is 21.8 Å². The van der Waals surface area contributed by atoms with E-state index in [4.69, 9.17) is 0 Å². The van der Waals surface area contributed by atoms with Crippen molar-refractivity contribution < 1.29 is 4.79 Å². The summed E-state index contributed by atoms with van der Waals surface area (Å²) >= 11 is 3.48. The number of carbonyl (C=O) groups excluding carboxylic acids is 1. The van der Waals surface area contributed by atoms with Gasteiger partial charge < -0.3 is 9.47 Å². The molecule has 1 aromatic rings. The third-order valence-corrected chi connectivity index (χ3v) is 4.16. The first-order valence-electron chi connectivity index (χ1n) is 7.60. The van der Waals surface area contributed by atoms with Gasteiger partial charge in [-0.05, 0) is 55.6 Å². The summed E-state index contributed by atoms with van der Waals surface area (Å²) in [5.41, 5.74) is 0.781. The minimum absolute atomic E-state index is 0.146. The number of nitrogens with zero attached hydrogens (tertiary/aromatic N) is 2. The fourth-order valence-corrected chi connectivity index (χ4v) is 2.70. The van der Waals surface area contributed by atoms with Crippen molar-refractivity contribution in [2.24, 2.45) is 0 Å². The number of carbonyl (C=O) groups is 1. The van der Waals surface area contributed by atoms with Crippen LogP contribution >= 0.6 is 15.9 Å². The average Bonchev–Trinajstić information content (AvgIpc) is 2.80. The van der Waals surface area contributed by atoms with Crippen molar-refractivity contribution in [3.05, 3.63) is 22.4 Å². The molecule has 0 aliphatic heterocycles. The minimum atomic E-state index is 0.146. The highest BCUT2D eigenvalue weighted by atomic mass is 79.9. The highest BCUT2D eigenvalue weighted by molar-refractivity contribution is 9.10. The van der Waals surface area contributed by atoms with E-state index in [-0.39, 0.29) is 18.0 Å². The second-order valence-electron chi connectivity index (χ2n) is 5.65. The van der Waals surface area contributed by atoms with Crippen molar-refractivity contribution in [1.29, 1.82) is 0 Å². The molecule has 0 bridgehead atoms. The van der Waals surface area contributed by atoms with Crippen molar-refractivity contribution in [3.63, 3.8) is 0 Å². The lowest BCUT2D eigenvalue weighted by Gasteiger charge is -2.29. The lowest BCUT2D eigenvalue weighted by Crippen LogP contribution is -2.40. The molecule has 1 aromatic heterocycles. The molecule has 0 N–H and O–H groups in total. The molecule has 0 aliphatic carbocycles. The first kappa shape index (κ1) is 17.3. The summed E-state index contributed by atoms with van der Waals surface area (Å²) in [6, 6.07) is 2.50. The van der Waals surface area contributed by atoms with Crippen LogP contribution in [0.5, 0.6) is 0 Å². The molecule has 1 unspecified atom stereocenters. The van der Waals surface area contributed by atoms with E-state index in [1.54, 1.807) is 0 Å². The van der Waals surface area contributed by atoms with Crippen LogP contribution in [0.15, 0.2) is 16.7 Å². The van der Waals surface area contributed by atoms with E-state index in [1.807, 2.05) is 21.7 Å². The topological polar surface area (TPSA) is 25.2 Å². The Morgan fingerprint density at radius 1 is 1.35 bits per heavy atom. The van der Waals surface area contributed by atoms with Gasteiger partial charge in [0.05, 0.1) is 0 Å². The van der Waals surface area contributed by atoms with E-state index in [0.29, 0.717) is 0 Å². The molecule has 114 valence electrons. The van der Waals surface area contributed by atoms with Gasteiger partial charge in [0.25, 0.3) is 5.91 Å². The van der Waals surface area contributed by atoms with Gasteiger partial charge in [-0.1, -0.05) is 20.3 Å². The van der Waals surface area contributed by atoms with Crippen LogP contribution in [-0.4, -0.2) is 28.0 Å². The predicted octanol–water partition coefficient (Wildman–Crippen LogP) is 4.87. The molecule has 1 heterocycles. The lowest BCUT2D eigenvalue weighted by atomic mass is 10.1. The maximum absolute atomic E-state index is 12.9. The second-order valence-corrected chi connectivity index (χ2v) is 6.57. The molecule has 1 amide bonds. The first-order chi connectivity index (χ1) is 9.42. The first-order valence-corrected chi connectivity index (χ1v) is 8.39. The molecule has 20 heavy (non-hydrogen) atoms. The van der Waals surface area contributed by atoms with Gasteiger partial charge >= 0.3 is 0 Å². The highest BCUT2D eigenvalue weighted by Crippen LogP contribution is 2.22. The molecule has 0 fully saturated rings. The average molecular weight is 343 g/mol. The van der Waals surface area contributed by atoms with E-state index in [0.717, 1.165) is 36.0 Å². The maximum Gasteiger partial charge on any atom is 0.270 e. The molecule has 3 nitrogen and oxygen atoms in total. The zero-order valence-corrected chi connectivity index (χ0v) is 14.9. The van der Waals surface area contributed by atoms with Gasteiger partial charge in [-0.3, -0.25) is 4.79 Å². The third-order valence-electron chi connectivity index (χ3n) is 3.73. The Balaban J connectivity index is 3.05. The molecule has 0 saturated carbocycles. The van der Waals surface area contributed by atoms with E-state index >= 15 is 0 Å². The van der Waals surface area contributed by atoms with Gasteiger partial charge in [-0.15, -0.1) is 0 Å². The van der Waals surface area contributed by atoms with Crippen molar-refractivity contribution in [3.8, 4) is 0 Å². The highest BCUT2D eigenvalue weighted by Gasteiger charge is 2.23. The van der Waals surface area contributed by atoms with Crippen LogP contribution < -0.4 is 0 Å². The Morgan fingerprint density at radius 2 is 2.00 bits per heavy atom. The lowest BCUT2D eigenvalue weighted by molar-refractivity contribution is 0.0672. The number of halogens is 1. The number of hydrogen-bond acceptors (Lipinski definition) is 1. The summed E-state index contributed by atoms with van der Waals surface area (Å²) in [6.07, 6.45) is 5.14. The van der Waals surface area contributed by atoms with Gasteiger partial charge in [0.1, 0.15) is 5.69 Å². The van der Waals surface area contributed by atoms with E-state index in [9.17, 15) is 4.79 Å². The summed E-state index contributed by atoms with van der Waals surface area (Å²) in [5.74, 6) is 0.146. The van der Waals surface area contributed by atoms with Crippen LogP contribution in [0.2, 0.25) is 0 Å². The molecule has 1 atom stereocenters. The normalized spacial score (nSPS) is 12.8. The molecule has 1 rings (SSSR count). The van der Waals surface area contributed by atoms with Crippen molar-refractivity contribution in [2.45, 2.75) is 66.0 Å². The zero-order chi connectivity index (χ0) is 15.3. The molecule has 0 spiro atoms. The summed E-state index contributed by atoms with van der Waals surface area (Å²) in [4.78, 5) is 14.9. The standard InChI is InChI=1S/C16H27BrN2O/c1-6-8-9-18(13(5)7-2)16(20)15-10-14(17)11-19(15)12(3)4/h10-13H,6-9H2,1-5H3. The summed E-state index contributed by atoms with van der Waals surface area (Å²) in [6.45, 7) is 11.5. The SMILES string of the molecule is CCCCN(C(=O)c1cc(Br)cn1C(C)C)C(C)CC. The van der Waals surface area contributed by atoms with E-state index in [2.05, 4.69) is 50.5 Å². The van der Waals surface area contributed by atoms with Gasteiger partial charge in [0, 0.05) is 29.3 Å². The number of aromatic nitrogens is 1. The Hall–Kier alpha value is -0.770. The fourth-order valence-electron chi connectivity index (χ4n) is 2.26. The molecular formula is C16H27BrN2O. The van der Waals surface area contributed by atoms with Gasteiger partial charge in [0.2, 0.25) is 0 Å². The number of hydrogen-bond donors (Lipinski definition) is 0. The maximum atomic E-state index is 12.9. The molecular weight excluding hydrogens is 316 g/mol. The quantitative estimate of drug-likeness (QED) is 0.693. The fraction of sp³-hybridized carbons (Fsp3) is 0.688. The minimum Gasteiger partial charge on any atom is -0.340 e. The van der Waals surface area contributed by atoms with E-state index in [1.165, 1.54) is 0 Å². The Kier molecular flexibility index (Phi) is 6.80. The Morgan fingerprint density at radius 3 is 2.50 bits per heavy atom. The number of unbranched alkanes of at least 4 members (excludes halogenated alkanes) is 1. The largest absolute Gasteiger partial charge is 0.340 e. The van der Waals surface area contributed by atoms with Gasteiger partial charge in [-0.25, -0.2) is 0 Å².